The van der Waals surface area contributed by atoms with Crippen LogP contribution in [0.25, 0.3) is 42.4 Å². The fraction of sp³-hybridized carbons (Fsp3) is 0.208. The summed E-state index contributed by atoms with van der Waals surface area (Å²) in [4.78, 5) is 3.19. The second-order valence-corrected chi connectivity index (χ2v) is 20.1. The van der Waals surface area contributed by atoms with Gasteiger partial charge in [-0.05, 0) is 137 Å². The molecule has 2 aliphatic carbocycles. The van der Waals surface area contributed by atoms with Gasteiger partial charge in [-0.3, -0.25) is 0 Å². The molecule has 58 heavy (non-hydrogen) atoms. The lowest BCUT2D eigenvalue weighted by atomic mass is 9.46. The Balaban J connectivity index is 1.04. The number of hydrogen-bond acceptors (Lipinski definition) is 4. The Bertz CT molecular complexity index is 2950. The Hall–Kier alpha value is -5.49. The average Bonchev–Trinajstić information content (AvgIpc) is 3.63. The molecule has 1 spiro atoms. The van der Waals surface area contributed by atoms with Gasteiger partial charge >= 0.3 is 0 Å². The summed E-state index contributed by atoms with van der Waals surface area (Å²) < 4.78 is 32.4. The fourth-order valence-electron chi connectivity index (χ4n) is 11.6. The fourth-order valence-corrected chi connectivity index (χ4v) is 14.5. The first-order valence-electron chi connectivity index (χ1n) is 20.8. The number of rotatable bonds is 5. The minimum atomic E-state index is -3.78. The first-order valence-corrected chi connectivity index (χ1v) is 23.1. The average molecular weight is 792 g/mol. The highest BCUT2D eigenvalue weighted by atomic mass is 32.2. The second-order valence-electron chi connectivity index (χ2n) is 17.1. The first-order chi connectivity index (χ1) is 28.3. The zero-order chi connectivity index (χ0) is 39.2. The quantitative estimate of drug-likeness (QED) is 0.174. The van der Waals surface area contributed by atoms with Crippen molar-refractivity contribution in [2.24, 2.45) is 23.7 Å². The molecule has 5 heteroatoms. The van der Waals surface area contributed by atoms with E-state index in [-0.39, 0.29) is 5.41 Å². The summed E-state index contributed by atoms with van der Waals surface area (Å²) >= 11 is 1.85. The van der Waals surface area contributed by atoms with Crippen LogP contribution >= 0.6 is 11.3 Å². The number of anilines is 3. The van der Waals surface area contributed by atoms with Gasteiger partial charge in [-0.25, -0.2) is 8.42 Å². The minimum absolute atomic E-state index is 0.305. The topological polar surface area (TPSA) is 37.4 Å². The third kappa shape index (κ3) is 5.32. The SMILES string of the molecule is CC1CC2CC(C)CC(C1)C21c2ccccc2S(=O)(=O)c2cc(N(c3ccccc3)c3ccc(-c4ccccc4-c4cccc5sc6ccccc6c45)cc3)ccc21. The molecule has 2 bridgehead atoms. The highest BCUT2D eigenvalue weighted by Gasteiger charge is 2.59. The Morgan fingerprint density at radius 3 is 1.84 bits per heavy atom. The van der Waals surface area contributed by atoms with Crippen LogP contribution in [-0.4, -0.2) is 8.42 Å². The van der Waals surface area contributed by atoms with Crippen LogP contribution in [0.15, 0.2) is 174 Å². The van der Waals surface area contributed by atoms with Gasteiger partial charge < -0.3 is 4.90 Å². The lowest BCUT2D eigenvalue weighted by molar-refractivity contribution is 0.0231. The maximum atomic E-state index is 14.9. The molecule has 2 fully saturated rings. The molecular weight excluding hydrogens is 747 g/mol. The molecule has 1 aliphatic heterocycles. The zero-order valence-electron chi connectivity index (χ0n) is 32.8. The van der Waals surface area contributed by atoms with Crippen molar-refractivity contribution in [1.29, 1.82) is 0 Å². The Labute approximate surface area is 345 Å². The molecule has 0 N–H and O–H groups in total. The van der Waals surface area contributed by atoms with E-state index in [9.17, 15) is 8.42 Å². The molecule has 286 valence electrons. The van der Waals surface area contributed by atoms with Crippen molar-refractivity contribution in [3.05, 3.63) is 175 Å². The van der Waals surface area contributed by atoms with Crippen LogP contribution in [0.1, 0.15) is 50.7 Å². The smallest absolute Gasteiger partial charge is 0.207 e. The van der Waals surface area contributed by atoms with Crippen LogP contribution in [0.4, 0.5) is 17.1 Å². The maximum Gasteiger partial charge on any atom is 0.207 e. The molecule has 1 aromatic heterocycles. The van der Waals surface area contributed by atoms with Crippen LogP contribution in [0.3, 0.4) is 0 Å². The summed E-state index contributed by atoms with van der Waals surface area (Å²) in [7, 11) is -3.78. The van der Waals surface area contributed by atoms with Crippen molar-refractivity contribution >= 4 is 58.4 Å². The molecule has 7 aromatic carbocycles. The monoisotopic (exact) mass is 791 g/mol. The van der Waals surface area contributed by atoms with Crippen molar-refractivity contribution in [3.8, 4) is 22.3 Å². The van der Waals surface area contributed by atoms with Gasteiger partial charge in [0.1, 0.15) is 0 Å². The van der Waals surface area contributed by atoms with Gasteiger partial charge in [0.05, 0.1) is 9.79 Å². The second kappa shape index (κ2) is 13.5. The van der Waals surface area contributed by atoms with Crippen molar-refractivity contribution < 1.29 is 8.42 Å². The zero-order valence-corrected chi connectivity index (χ0v) is 34.4. The number of para-hydroxylation sites is 1. The van der Waals surface area contributed by atoms with Gasteiger partial charge in [0.2, 0.25) is 9.84 Å². The number of nitrogens with zero attached hydrogens (tertiary/aromatic N) is 1. The summed E-state index contributed by atoms with van der Waals surface area (Å²) in [6.07, 6.45) is 4.50. The van der Waals surface area contributed by atoms with Crippen LogP contribution in [0.2, 0.25) is 0 Å². The molecule has 0 radical (unpaired) electrons. The van der Waals surface area contributed by atoms with Gasteiger partial charge in [-0.15, -0.1) is 11.3 Å². The standard InChI is InChI=1S/C53H45NO2S2/c1-34-29-37-31-35(2)32-38(30-34)53(37)46-19-9-11-22-50(46)58(55,56)51-33-41(27-28-47(51)53)54(39-13-4-3-5-14-39)40-25-23-36(24-26-40)42-15-6-7-16-43(42)44-18-12-21-49-52(44)45-17-8-10-20-48(45)57-49/h3-28,33-35,37-38H,29-32H2,1-2H3. The Morgan fingerprint density at radius 2 is 1.09 bits per heavy atom. The highest BCUT2D eigenvalue weighted by molar-refractivity contribution is 7.91. The van der Waals surface area contributed by atoms with Gasteiger partial charge in [-0.1, -0.05) is 123 Å². The lowest BCUT2D eigenvalue weighted by Crippen LogP contribution is -2.54. The number of hydrogen-bond donors (Lipinski definition) is 0. The van der Waals surface area contributed by atoms with E-state index in [4.69, 9.17) is 0 Å². The van der Waals surface area contributed by atoms with E-state index in [1.165, 1.54) is 36.9 Å². The molecule has 8 aromatic rings. The highest BCUT2D eigenvalue weighted by Crippen LogP contribution is 2.64. The predicted octanol–water partition coefficient (Wildman–Crippen LogP) is 14.4. The summed E-state index contributed by atoms with van der Waals surface area (Å²) in [5.74, 6) is 2.07. The largest absolute Gasteiger partial charge is 0.310 e. The number of benzene rings is 7. The summed E-state index contributed by atoms with van der Waals surface area (Å²) in [6, 6.07) is 57.5. The van der Waals surface area contributed by atoms with Gasteiger partial charge in [0.25, 0.3) is 0 Å². The normalized spacial score (nSPS) is 23.1. The molecule has 3 nitrogen and oxygen atoms in total. The minimum Gasteiger partial charge on any atom is -0.310 e. The van der Waals surface area contributed by atoms with E-state index in [2.05, 4.69) is 146 Å². The van der Waals surface area contributed by atoms with Gasteiger partial charge in [0.15, 0.2) is 0 Å². The molecular formula is C53H45NO2S2. The summed E-state index contributed by atoms with van der Waals surface area (Å²) in [5, 5.41) is 2.59. The summed E-state index contributed by atoms with van der Waals surface area (Å²) in [6.45, 7) is 4.79. The maximum absolute atomic E-state index is 14.9. The van der Waals surface area contributed by atoms with Crippen LogP contribution in [0.5, 0.6) is 0 Å². The number of sulfone groups is 1. The molecule has 0 unspecified atom stereocenters. The molecule has 0 amide bonds. The molecule has 11 rings (SSSR count). The number of thiophene rings is 1. The van der Waals surface area contributed by atoms with Crippen molar-refractivity contribution in [3.63, 3.8) is 0 Å². The third-order valence-corrected chi connectivity index (χ3v) is 16.7. The van der Waals surface area contributed by atoms with Gasteiger partial charge in [0, 0.05) is 42.6 Å². The molecule has 2 saturated carbocycles. The molecule has 0 saturated heterocycles. The first kappa shape index (κ1) is 35.7. The lowest BCUT2D eigenvalue weighted by Gasteiger charge is -2.59. The van der Waals surface area contributed by atoms with E-state index >= 15 is 0 Å². The van der Waals surface area contributed by atoms with Crippen LogP contribution in [0, 0.1) is 23.7 Å². The Kier molecular flexibility index (Phi) is 8.32. The van der Waals surface area contributed by atoms with Gasteiger partial charge in [-0.2, -0.15) is 0 Å². The van der Waals surface area contributed by atoms with E-state index in [1.54, 1.807) is 0 Å². The summed E-state index contributed by atoms with van der Waals surface area (Å²) in [5.41, 5.74) is 9.27. The molecule has 2 heterocycles. The van der Waals surface area contributed by atoms with Crippen molar-refractivity contribution in [2.75, 3.05) is 4.90 Å². The van der Waals surface area contributed by atoms with E-state index in [0.717, 1.165) is 59.4 Å². The molecule has 0 atom stereocenters. The molecule has 3 aliphatic rings. The van der Waals surface area contributed by atoms with Crippen molar-refractivity contribution in [2.45, 2.75) is 54.7 Å². The van der Waals surface area contributed by atoms with E-state index in [1.807, 2.05) is 47.7 Å². The van der Waals surface area contributed by atoms with Crippen LogP contribution < -0.4 is 4.90 Å². The van der Waals surface area contributed by atoms with E-state index < -0.39 is 9.84 Å². The third-order valence-electron chi connectivity index (χ3n) is 13.7. The Morgan fingerprint density at radius 1 is 0.517 bits per heavy atom. The number of fused-ring (bicyclic) bond motifs is 5. The van der Waals surface area contributed by atoms with Crippen molar-refractivity contribution in [1.82, 2.24) is 0 Å². The predicted molar refractivity (Wildman–Crippen MR) is 241 cm³/mol. The van der Waals surface area contributed by atoms with Crippen LogP contribution in [-0.2, 0) is 15.3 Å². The van der Waals surface area contributed by atoms with E-state index in [0.29, 0.717) is 33.5 Å².